The molecule has 0 atom stereocenters. The van der Waals surface area contributed by atoms with Gasteiger partial charge in [0.1, 0.15) is 6.54 Å². The number of nitrogens with zero attached hydrogens (tertiary/aromatic N) is 3. The fourth-order valence-electron chi connectivity index (χ4n) is 2.69. The zero-order valence-electron chi connectivity index (χ0n) is 15.4. The van der Waals surface area contributed by atoms with E-state index in [-0.39, 0.29) is 42.5 Å². The van der Waals surface area contributed by atoms with Crippen molar-refractivity contribution in [1.82, 2.24) is 15.5 Å². The minimum Gasteiger partial charge on any atom is -0.368 e. The van der Waals surface area contributed by atoms with Gasteiger partial charge in [-0.25, -0.2) is 4.99 Å². The lowest BCUT2D eigenvalue weighted by Crippen LogP contribution is -2.49. The Morgan fingerprint density at radius 2 is 1.80 bits per heavy atom. The number of para-hydroxylation sites is 1. The second-order valence-electron chi connectivity index (χ2n) is 6.20. The lowest BCUT2D eigenvalue weighted by molar-refractivity contribution is -0.129. The Kier molecular flexibility index (Phi) is 9.62. The highest BCUT2D eigenvalue weighted by Gasteiger charge is 2.20. The van der Waals surface area contributed by atoms with Crippen molar-refractivity contribution in [2.45, 2.75) is 26.8 Å². The van der Waals surface area contributed by atoms with E-state index >= 15 is 0 Å². The topological polar surface area (TPSA) is 60.0 Å². The summed E-state index contributed by atoms with van der Waals surface area (Å²) in [5, 5.41) is 6.39. The zero-order chi connectivity index (χ0) is 17.4. The third kappa shape index (κ3) is 7.09. The van der Waals surface area contributed by atoms with Crippen LogP contribution in [-0.4, -0.2) is 62.1 Å². The average molecular weight is 459 g/mol. The number of nitrogens with one attached hydrogen (secondary N) is 2. The van der Waals surface area contributed by atoms with Gasteiger partial charge >= 0.3 is 0 Å². The summed E-state index contributed by atoms with van der Waals surface area (Å²) in [7, 11) is 0. The number of guanidine groups is 1. The van der Waals surface area contributed by atoms with Gasteiger partial charge in [-0.2, -0.15) is 0 Å². The average Bonchev–Trinajstić information content (AvgIpc) is 2.60. The first-order chi connectivity index (χ1) is 11.6. The molecule has 1 aliphatic rings. The number of hydrogen-bond acceptors (Lipinski definition) is 3. The maximum atomic E-state index is 12.4. The van der Waals surface area contributed by atoms with Crippen LogP contribution in [0.15, 0.2) is 35.3 Å². The molecule has 7 heteroatoms. The fraction of sp³-hybridized carbons (Fsp3) is 0.556. The lowest BCUT2D eigenvalue weighted by Gasteiger charge is -2.36. The summed E-state index contributed by atoms with van der Waals surface area (Å²) in [5.41, 5.74) is 1.22. The van der Waals surface area contributed by atoms with Gasteiger partial charge < -0.3 is 20.4 Å². The van der Waals surface area contributed by atoms with Crippen molar-refractivity contribution in [2.75, 3.05) is 44.2 Å². The molecule has 2 N–H and O–H groups in total. The Morgan fingerprint density at radius 1 is 1.16 bits per heavy atom. The first-order valence-corrected chi connectivity index (χ1v) is 8.72. The van der Waals surface area contributed by atoms with Crippen molar-refractivity contribution >= 4 is 41.5 Å². The van der Waals surface area contributed by atoms with Crippen molar-refractivity contribution in [3.63, 3.8) is 0 Å². The molecule has 1 aliphatic heterocycles. The number of carbonyl (C=O) groups is 1. The van der Waals surface area contributed by atoms with Crippen LogP contribution in [0, 0.1) is 0 Å². The third-order valence-corrected chi connectivity index (χ3v) is 3.90. The van der Waals surface area contributed by atoms with E-state index in [1.165, 1.54) is 5.69 Å². The number of amides is 1. The van der Waals surface area contributed by atoms with E-state index < -0.39 is 0 Å². The Morgan fingerprint density at radius 3 is 2.36 bits per heavy atom. The van der Waals surface area contributed by atoms with E-state index in [1.807, 2.05) is 30.0 Å². The minimum absolute atomic E-state index is 0. The molecule has 0 aromatic heterocycles. The van der Waals surface area contributed by atoms with Crippen LogP contribution in [0.4, 0.5) is 5.69 Å². The van der Waals surface area contributed by atoms with Crippen LogP contribution >= 0.6 is 24.0 Å². The molecule has 0 saturated carbocycles. The van der Waals surface area contributed by atoms with Gasteiger partial charge in [0.05, 0.1) is 0 Å². The number of rotatable bonds is 5. The molecule has 0 radical (unpaired) electrons. The predicted molar refractivity (Wildman–Crippen MR) is 115 cm³/mol. The number of benzene rings is 1. The van der Waals surface area contributed by atoms with Gasteiger partial charge in [0.25, 0.3) is 0 Å². The molecule has 1 saturated heterocycles. The molecule has 140 valence electrons. The minimum atomic E-state index is 0. The first kappa shape index (κ1) is 21.5. The molecule has 2 rings (SSSR count). The SMILES string of the molecule is CCNC(=NCC(=O)N1CCN(c2ccccc2)CC1)NC(C)C.I. The Hall–Kier alpha value is -1.51. The Labute approximate surface area is 168 Å². The smallest absolute Gasteiger partial charge is 0.244 e. The summed E-state index contributed by atoms with van der Waals surface area (Å²) in [4.78, 5) is 21.0. The van der Waals surface area contributed by atoms with Gasteiger partial charge in [-0.1, -0.05) is 18.2 Å². The molecular formula is C18H30IN5O. The van der Waals surface area contributed by atoms with Crippen LogP contribution in [-0.2, 0) is 4.79 Å². The molecule has 1 aromatic rings. The molecular weight excluding hydrogens is 429 g/mol. The second kappa shape index (κ2) is 11.2. The summed E-state index contributed by atoms with van der Waals surface area (Å²) in [6, 6.07) is 10.6. The number of aliphatic imine (C=N–C) groups is 1. The maximum absolute atomic E-state index is 12.4. The van der Waals surface area contributed by atoms with Gasteiger partial charge in [-0.15, -0.1) is 24.0 Å². The van der Waals surface area contributed by atoms with Gasteiger partial charge in [-0.05, 0) is 32.9 Å². The van der Waals surface area contributed by atoms with E-state index in [4.69, 9.17) is 0 Å². The first-order valence-electron chi connectivity index (χ1n) is 8.72. The summed E-state index contributed by atoms with van der Waals surface area (Å²) in [6.45, 7) is 10.3. The van der Waals surface area contributed by atoms with Crippen LogP contribution in [0.3, 0.4) is 0 Å². The summed E-state index contributed by atoms with van der Waals surface area (Å²) >= 11 is 0. The lowest BCUT2D eigenvalue weighted by atomic mass is 10.2. The van der Waals surface area contributed by atoms with Crippen molar-refractivity contribution in [2.24, 2.45) is 4.99 Å². The van der Waals surface area contributed by atoms with E-state index in [1.54, 1.807) is 0 Å². The summed E-state index contributed by atoms with van der Waals surface area (Å²) < 4.78 is 0. The van der Waals surface area contributed by atoms with Crippen molar-refractivity contribution < 1.29 is 4.79 Å². The molecule has 1 amide bonds. The normalized spacial score (nSPS) is 15.0. The van der Waals surface area contributed by atoms with Gasteiger partial charge in [0.2, 0.25) is 5.91 Å². The van der Waals surface area contributed by atoms with Crippen molar-refractivity contribution in [3.05, 3.63) is 30.3 Å². The molecule has 25 heavy (non-hydrogen) atoms. The van der Waals surface area contributed by atoms with Crippen LogP contribution in [0.25, 0.3) is 0 Å². The van der Waals surface area contributed by atoms with Crippen molar-refractivity contribution in [3.8, 4) is 0 Å². The Balaban J connectivity index is 0.00000312. The molecule has 6 nitrogen and oxygen atoms in total. The highest BCUT2D eigenvalue weighted by molar-refractivity contribution is 14.0. The number of hydrogen-bond donors (Lipinski definition) is 2. The number of halogens is 1. The number of anilines is 1. The maximum Gasteiger partial charge on any atom is 0.244 e. The molecule has 0 unspecified atom stereocenters. The van der Waals surface area contributed by atoms with Crippen LogP contribution < -0.4 is 15.5 Å². The van der Waals surface area contributed by atoms with E-state index in [2.05, 4.69) is 46.5 Å². The van der Waals surface area contributed by atoms with E-state index in [9.17, 15) is 4.79 Å². The van der Waals surface area contributed by atoms with Gasteiger partial charge in [0.15, 0.2) is 5.96 Å². The van der Waals surface area contributed by atoms with Gasteiger partial charge in [0, 0.05) is 44.5 Å². The summed E-state index contributed by atoms with van der Waals surface area (Å²) in [5.74, 6) is 0.785. The van der Waals surface area contributed by atoms with Crippen molar-refractivity contribution in [1.29, 1.82) is 0 Å². The summed E-state index contributed by atoms with van der Waals surface area (Å²) in [6.07, 6.45) is 0. The fourth-order valence-corrected chi connectivity index (χ4v) is 2.69. The third-order valence-electron chi connectivity index (χ3n) is 3.90. The molecule has 0 aliphatic carbocycles. The van der Waals surface area contributed by atoms with Gasteiger partial charge in [-0.3, -0.25) is 4.79 Å². The second-order valence-corrected chi connectivity index (χ2v) is 6.20. The Bertz CT molecular complexity index is 542. The number of piperazine rings is 1. The standard InChI is InChI=1S/C18H29N5O.HI/c1-4-19-18(21-15(2)3)20-14-17(24)23-12-10-22(11-13-23)16-8-6-5-7-9-16;/h5-9,15H,4,10-14H2,1-3H3,(H2,19,20,21);1H. The van der Waals surface area contributed by atoms with Crippen LogP contribution in [0.5, 0.6) is 0 Å². The monoisotopic (exact) mass is 459 g/mol. The quantitative estimate of drug-likeness (QED) is 0.402. The molecule has 1 aromatic carbocycles. The van der Waals surface area contributed by atoms with Crippen LogP contribution in [0.2, 0.25) is 0 Å². The van der Waals surface area contributed by atoms with E-state index in [0.717, 1.165) is 32.7 Å². The van der Waals surface area contributed by atoms with Crippen LogP contribution in [0.1, 0.15) is 20.8 Å². The molecule has 1 fully saturated rings. The van der Waals surface area contributed by atoms with E-state index in [0.29, 0.717) is 5.96 Å². The predicted octanol–water partition coefficient (Wildman–Crippen LogP) is 1.92. The zero-order valence-corrected chi connectivity index (χ0v) is 17.7. The molecule has 0 spiro atoms. The molecule has 0 bridgehead atoms. The number of carbonyl (C=O) groups excluding carboxylic acids is 1. The molecule has 1 heterocycles. The largest absolute Gasteiger partial charge is 0.368 e. The highest BCUT2D eigenvalue weighted by Crippen LogP contribution is 2.15. The highest BCUT2D eigenvalue weighted by atomic mass is 127.